The summed E-state index contributed by atoms with van der Waals surface area (Å²) in [5.74, 6) is 1.30. The van der Waals surface area contributed by atoms with Gasteiger partial charge in [-0.1, -0.05) is 12.1 Å². The normalized spacial score (nSPS) is 10.1. The van der Waals surface area contributed by atoms with Crippen LogP contribution in [-0.4, -0.2) is 36.0 Å². The van der Waals surface area contributed by atoms with Gasteiger partial charge >= 0.3 is 0 Å². The van der Waals surface area contributed by atoms with Crippen molar-refractivity contribution in [2.45, 2.75) is 13.8 Å². The van der Waals surface area contributed by atoms with Gasteiger partial charge in [0, 0.05) is 19.3 Å². The Bertz CT molecular complexity index is 639. The fourth-order valence-electron chi connectivity index (χ4n) is 2.12. The molecule has 0 spiro atoms. The lowest BCUT2D eigenvalue weighted by molar-refractivity contribution is 0.0769. The van der Waals surface area contributed by atoms with Gasteiger partial charge in [0.05, 0.1) is 7.11 Å². The van der Waals surface area contributed by atoms with Crippen LogP contribution in [0.15, 0.2) is 42.6 Å². The molecule has 0 N–H and O–H groups in total. The zero-order valence-electron chi connectivity index (χ0n) is 13.1. The summed E-state index contributed by atoms with van der Waals surface area (Å²) in [5.41, 5.74) is 0.442. The summed E-state index contributed by atoms with van der Waals surface area (Å²) in [7, 11) is 1.57. The molecule has 0 aliphatic heterocycles. The molecule has 0 bridgehead atoms. The lowest BCUT2D eigenvalue weighted by Gasteiger charge is -2.20. The van der Waals surface area contributed by atoms with E-state index in [-0.39, 0.29) is 11.8 Å². The maximum Gasteiger partial charge on any atom is 0.259 e. The van der Waals surface area contributed by atoms with E-state index < -0.39 is 0 Å². The molecule has 0 unspecified atom stereocenters. The van der Waals surface area contributed by atoms with Crippen LogP contribution in [-0.2, 0) is 0 Å². The van der Waals surface area contributed by atoms with Crippen LogP contribution in [0.5, 0.6) is 17.4 Å². The number of para-hydroxylation sites is 2. The average molecular weight is 300 g/mol. The van der Waals surface area contributed by atoms with E-state index in [4.69, 9.17) is 9.47 Å². The fourth-order valence-corrected chi connectivity index (χ4v) is 2.12. The van der Waals surface area contributed by atoms with E-state index in [1.807, 2.05) is 26.0 Å². The van der Waals surface area contributed by atoms with Gasteiger partial charge in [-0.15, -0.1) is 0 Å². The number of methoxy groups -OCH3 is 1. The van der Waals surface area contributed by atoms with Crippen LogP contribution < -0.4 is 9.47 Å². The first-order valence-corrected chi connectivity index (χ1v) is 7.26. The summed E-state index contributed by atoms with van der Waals surface area (Å²) >= 11 is 0. The zero-order chi connectivity index (χ0) is 15.9. The Hall–Kier alpha value is -2.56. The molecule has 0 aliphatic rings. The van der Waals surface area contributed by atoms with Crippen LogP contribution in [0.1, 0.15) is 24.2 Å². The summed E-state index contributed by atoms with van der Waals surface area (Å²) in [6.07, 6.45) is 1.60. The molecule has 0 radical (unpaired) electrons. The smallest absolute Gasteiger partial charge is 0.259 e. The first-order chi connectivity index (χ1) is 10.7. The van der Waals surface area contributed by atoms with Gasteiger partial charge < -0.3 is 14.4 Å². The number of carbonyl (C=O) groups excluding carboxylic acids is 1. The van der Waals surface area contributed by atoms with Crippen molar-refractivity contribution in [3.63, 3.8) is 0 Å². The summed E-state index contributed by atoms with van der Waals surface area (Å²) in [5, 5.41) is 0. The highest BCUT2D eigenvalue weighted by Gasteiger charge is 2.19. The van der Waals surface area contributed by atoms with Gasteiger partial charge in [0.1, 0.15) is 5.56 Å². The van der Waals surface area contributed by atoms with Crippen molar-refractivity contribution in [1.82, 2.24) is 9.88 Å². The van der Waals surface area contributed by atoms with Crippen LogP contribution in [0, 0.1) is 0 Å². The van der Waals surface area contributed by atoms with Gasteiger partial charge in [-0.25, -0.2) is 4.98 Å². The second-order valence-electron chi connectivity index (χ2n) is 4.59. The van der Waals surface area contributed by atoms with Crippen LogP contribution in [0.25, 0.3) is 0 Å². The molecule has 0 atom stereocenters. The molecule has 0 saturated carbocycles. The molecule has 2 rings (SSSR count). The molecule has 0 fully saturated rings. The molecule has 22 heavy (non-hydrogen) atoms. The standard InChI is InChI=1S/C17H20N2O3/c1-4-19(5-2)17(20)13-9-8-12-18-16(13)22-15-11-7-6-10-14(15)21-3/h6-12H,4-5H2,1-3H3. The molecule has 1 heterocycles. The van der Waals surface area contributed by atoms with Gasteiger partial charge in [0.2, 0.25) is 5.88 Å². The van der Waals surface area contributed by atoms with Crippen molar-refractivity contribution in [3.05, 3.63) is 48.2 Å². The van der Waals surface area contributed by atoms with Crippen LogP contribution in [0.4, 0.5) is 0 Å². The summed E-state index contributed by atoms with van der Waals surface area (Å²) in [4.78, 5) is 18.5. The third-order valence-electron chi connectivity index (χ3n) is 3.33. The molecule has 1 aromatic carbocycles. The van der Waals surface area contributed by atoms with Crippen LogP contribution in [0.2, 0.25) is 0 Å². The molecular formula is C17H20N2O3. The van der Waals surface area contributed by atoms with E-state index in [2.05, 4.69) is 4.98 Å². The topological polar surface area (TPSA) is 51.7 Å². The number of ether oxygens (including phenoxy) is 2. The number of benzene rings is 1. The summed E-state index contributed by atoms with van der Waals surface area (Å²) < 4.78 is 11.1. The van der Waals surface area contributed by atoms with Crippen molar-refractivity contribution >= 4 is 5.91 Å². The molecule has 5 heteroatoms. The average Bonchev–Trinajstić information content (AvgIpc) is 2.57. The largest absolute Gasteiger partial charge is 0.493 e. The van der Waals surface area contributed by atoms with E-state index in [0.717, 1.165) is 0 Å². The summed E-state index contributed by atoms with van der Waals surface area (Å²) in [6, 6.07) is 10.7. The molecule has 116 valence electrons. The minimum absolute atomic E-state index is 0.0944. The van der Waals surface area contributed by atoms with Gasteiger partial charge in [-0.3, -0.25) is 4.79 Å². The molecule has 1 amide bonds. The first kappa shape index (κ1) is 15.8. The van der Waals surface area contributed by atoms with Crippen molar-refractivity contribution in [3.8, 4) is 17.4 Å². The maximum atomic E-state index is 12.5. The number of pyridine rings is 1. The Kier molecular flexibility index (Phi) is 5.36. The van der Waals surface area contributed by atoms with Crippen molar-refractivity contribution in [2.75, 3.05) is 20.2 Å². The van der Waals surface area contributed by atoms with Crippen LogP contribution >= 0.6 is 0 Å². The van der Waals surface area contributed by atoms with Gasteiger partial charge in [-0.05, 0) is 38.1 Å². The number of aromatic nitrogens is 1. The molecule has 0 saturated heterocycles. The predicted molar refractivity (Wildman–Crippen MR) is 84.6 cm³/mol. The van der Waals surface area contributed by atoms with Crippen molar-refractivity contribution in [1.29, 1.82) is 0 Å². The molecular weight excluding hydrogens is 280 g/mol. The number of rotatable bonds is 6. The zero-order valence-corrected chi connectivity index (χ0v) is 13.1. The molecule has 0 aliphatic carbocycles. The Morgan fingerprint density at radius 2 is 1.77 bits per heavy atom. The fraction of sp³-hybridized carbons (Fsp3) is 0.294. The lowest BCUT2D eigenvalue weighted by Crippen LogP contribution is -2.30. The number of nitrogens with zero attached hydrogens (tertiary/aromatic N) is 2. The predicted octanol–water partition coefficient (Wildman–Crippen LogP) is 3.36. The Labute approximate surface area is 130 Å². The van der Waals surface area contributed by atoms with Gasteiger partial charge in [-0.2, -0.15) is 0 Å². The minimum Gasteiger partial charge on any atom is -0.493 e. The first-order valence-electron chi connectivity index (χ1n) is 7.26. The van der Waals surface area contributed by atoms with Crippen molar-refractivity contribution in [2.24, 2.45) is 0 Å². The van der Waals surface area contributed by atoms with E-state index >= 15 is 0 Å². The van der Waals surface area contributed by atoms with Gasteiger partial charge in [0.25, 0.3) is 5.91 Å². The van der Waals surface area contributed by atoms with Crippen molar-refractivity contribution < 1.29 is 14.3 Å². The molecule has 2 aromatic rings. The lowest BCUT2D eigenvalue weighted by atomic mass is 10.2. The number of hydrogen-bond acceptors (Lipinski definition) is 4. The van der Waals surface area contributed by atoms with Crippen LogP contribution in [0.3, 0.4) is 0 Å². The second kappa shape index (κ2) is 7.45. The van der Waals surface area contributed by atoms with E-state index in [9.17, 15) is 4.79 Å². The van der Waals surface area contributed by atoms with E-state index in [0.29, 0.717) is 30.2 Å². The third kappa shape index (κ3) is 3.36. The summed E-state index contributed by atoms with van der Waals surface area (Å²) in [6.45, 7) is 5.16. The molecule has 1 aromatic heterocycles. The highest BCUT2D eigenvalue weighted by atomic mass is 16.5. The minimum atomic E-state index is -0.0944. The maximum absolute atomic E-state index is 12.5. The van der Waals surface area contributed by atoms with E-state index in [1.54, 1.807) is 42.5 Å². The Morgan fingerprint density at radius 1 is 1.09 bits per heavy atom. The molecule has 5 nitrogen and oxygen atoms in total. The van der Waals surface area contributed by atoms with Gasteiger partial charge in [0.15, 0.2) is 11.5 Å². The Balaban J connectivity index is 2.34. The highest BCUT2D eigenvalue weighted by molar-refractivity contribution is 5.96. The third-order valence-corrected chi connectivity index (χ3v) is 3.33. The highest BCUT2D eigenvalue weighted by Crippen LogP contribution is 2.31. The number of hydrogen-bond donors (Lipinski definition) is 0. The van der Waals surface area contributed by atoms with E-state index in [1.165, 1.54) is 0 Å². The second-order valence-corrected chi connectivity index (χ2v) is 4.59. The number of amides is 1. The quantitative estimate of drug-likeness (QED) is 0.821. The Morgan fingerprint density at radius 3 is 2.41 bits per heavy atom. The monoisotopic (exact) mass is 300 g/mol. The number of carbonyl (C=O) groups is 1. The SMILES string of the molecule is CCN(CC)C(=O)c1cccnc1Oc1ccccc1OC.